The fourth-order valence-electron chi connectivity index (χ4n) is 3.15. The standard InChI is InChI=1S/C25H29N5O3/c1-33-24-12-2-6-18(14-24)25(32)29-21-9-3-8-20(15-21)28-22-10-4-11-23(16-22)30(27)17-19(26)7-5-13-31/h2-4,6,8-12,14-17,28,31H,5,7,13,26-27H2,1H3,(H,29,32)/b19-17-. The third-order valence-corrected chi connectivity index (χ3v) is 4.81. The Morgan fingerprint density at radius 3 is 2.48 bits per heavy atom. The van der Waals surface area contributed by atoms with E-state index in [0.717, 1.165) is 17.1 Å². The number of nitrogens with two attached hydrogens (primary N) is 2. The molecule has 3 aromatic rings. The number of aliphatic hydroxyl groups excluding tert-OH is 1. The summed E-state index contributed by atoms with van der Waals surface area (Å²) >= 11 is 0. The lowest BCUT2D eigenvalue weighted by molar-refractivity contribution is 0.102. The number of hydrazine groups is 1. The topological polar surface area (TPSA) is 126 Å². The van der Waals surface area contributed by atoms with Gasteiger partial charge < -0.3 is 26.2 Å². The summed E-state index contributed by atoms with van der Waals surface area (Å²) in [7, 11) is 1.56. The van der Waals surface area contributed by atoms with E-state index in [4.69, 9.17) is 21.4 Å². The van der Waals surface area contributed by atoms with Gasteiger partial charge in [0, 0.05) is 41.1 Å². The van der Waals surface area contributed by atoms with Crippen molar-refractivity contribution >= 4 is 28.7 Å². The molecule has 0 unspecified atom stereocenters. The highest BCUT2D eigenvalue weighted by molar-refractivity contribution is 6.04. The number of allylic oxidation sites excluding steroid dienone is 1. The molecular weight excluding hydrogens is 418 g/mol. The Kier molecular flexibility index (Phi) is 8.29. The molecule has 3 rings (SSSR count). The van der Waals surface area contributed by atoms with E-state index < -0.39 is 0 Å². The summed E-state index contributed by atoms with van der Waals surface area (Å²) in [4.78, 5) is 12.6. The second-order valence-corrected chi connectivity index (χ2v) is 7.38. The monoisotopic (exact) mass is 447 g/mol. The molecule has 0 bridgehead atoms. The molecule has 0 saturated carbocycles. The first-order chi connectivity index (χ1) is 16.0. The van der Waals surface area contributed by atoms with Crippen LogP contribution in [0.3, 0.4) is 0 Å². The summed E-state index contributed by atoms with van der Waals surface area (Å²) in [5.41, 5.74) is 10.1. The van der Waals surface area contributed by atoms with Crippen LogP contribution in [0.2, 0.25) is 0 Å². The Hall–Kier alpha value is -4.01. The van der Waals surface area contributed by atoms with Gasteiger partial charge in [0.25, 0.3) is 5.91 Å². The number of methoxy groups -OCH3 is 1. The number of hydrogen-bond donors (Lipinski definition) is 5. The second kappa shape index (κ2) is 11.6. The van der Waals surface area contributed by atoms with E-state index in [9.17, 15) is 4.79 Å². The maximum Gasteiger partial charge on any atom is 0.255 e. The number of nitrogens with zero attached hydrogens (tertiary/aromatic N) is 1. The molecule has 0 aromatic heterocycles. The molecule has 0 spiro atoms. The number of carbonyl (C=O) groups is 1. The SMILES string of the molecule is COc1cccc(C(=O)Nc2cccc(Nc3cccc(N(N)/C=C(\N)CCCO)c3)c2)c1. The summed E-state index contributed by atoms with van der Waals surface area (Å²) in [6.45, 7) is 0.0809. The van der Waals surface area contributed by atoms with Gasteiger partial charge in [-0.1, -0.05) is 18.2 Å². The quantitative estimate of drug-likeness (QED) is 0.235. The van der Waals surface area contributed by atoms with Crippen molar-refractivity contribution in [3.63, 3.8) is 0 Å². The number of carbonyl (C=O) groups excluding carboxylic acids is 1. The van der Waals surface area contributed by atoms with Gasteiger partial charge in [0.1, 0.15) is 5.75 Å². The maximum atomic E-state index is 12.6. The van der Waals surface area contributed by atoms with Crippen molar-refractivity contribution < 1.29 is 14.6 Å². The zero-order chi connectivity index (χ0) is 23.6. The highest BCUT2D eigenvalue weighted by Gasteiger charge is 2.08. The van der Waals surface area contributed by atoms with Crippen LogP contribution in [0.15, 0.2) is 84.7 Å². The van der Waals surface area contributed by atoms with Gasteiger partial charge in [-0.05, 0) is 67.4 Å². The van der Waals surface area contributed by atoms with Crippen LogP contribution < -0.4 is 32.0 Å². The predicted molar refractivity (Wildman–Crippen MR) is 132 cm³/mol. The molecule has 3 aromatic carbocycles. The number of benzene rings is 3. The highest BCUT2D eigenvalue weighted by atomic mass is 16.5. The van der Waals surface area contributed by atoms with Crippen LogP contribution in [0.1, 0.15) is 23.2 Å². The predicted octanol–water partition coefficient (Wildman–Crippen LogP) is 3.94. The minimum atomic E-state index is -0.225. The van der Waals surface area contributed by atoms with Gasteiger partial charge in [0.05, 0.1) is 12.8 Å². The van der Waals surface area contributed by atoms with E-state index in [1.54, 1.807) is 37.6 Å². The Morgan fingerprint density at radius 1 is 1.03 bits per heavy atom. The molecule has 172 valence electrons. The van der Waals surface area contributed by atoms with Crippen molar-refractivity contribution in [1.29, 1.82) is 0 Å². The summed E-state index contributed by atoms with van der Waals surface area (Å²) in [5, 5.41) is 16.6. The molecule has 0 aliphatic carbocycles. The molecule has 8 heteroatoms. The molecular formula is C25H29N5O3. The summed E-state index contributed by atoms with van der Waals surface area (Å²) in [5.74, 6) is 6.51. The van der Waals surface area contributed by atoms with Crippen LogP contribution in [0.5, 0.6) is 5.75 Å². The van der Waals surface area contributed by atoms with E-state index >= 15 is 0 Å². The normalized spacial score (nSPS) is 11.1. The molecule has 0 fully saturated rings. The van der Waals surface area contributed by atoms with Crippen molar-refractivity contribution in [1.82, 2.24) is 0 Å². The van der Waals surface area contributed by atoms with Crippen molar-refractivity contribution in [3.05, 3.63) is 90.3 Å². The fraction of sp³-hybridized carbons (Fsp3) is 0.160. The highest BCUT2D eigenvalue weighted by Crippen LogP contribution is 2.24. The van der Waals surface area contributed by atoms with Crippen LogP contribution in [0, 0.1) is 0 Å². The van der Waals surface area contributed by atoms with E-state index in [1.165, 1.54) is 5.01 Å². The minimum Gasteiger partial charge on any atom is -0.497 e. The zero-order valence-electron chi connectivity index (χ0n) is 18.5. The molecule has 0 heterocycles. The Labute approximate surface area is 193 Å². The van der Waals surface area contributed by atoms with Gasteiger partial charge in [0.15, 0.2) is 0 Å². The van der Waals surface area contributed by atoms with Gasteiger partial charge in [-0.2, -0.15) is 0 Å². The lowest BCUT2D eigenvalue weighted by atomic mass is 10.2. The van der Waals surface area contributed by atoms with Crippen molar-refractivity contribution in [2.75, 3.05) is 29.4 Å². The maximum absolute atomic E-state index is 12.6. The Morgan fingerprint density at radius 2 is 1.73 bits per heavy atom. The van der Waals surface area contributed by atoms with Crippen LogP contribution in [0.4, 0.5) is 22.7 Å². The third kappa shape index (κ3) is 6.99. The van der Waals surface area contributed by atoms with E-state index in [1.807, 2.05) is 48.5 Å². The Balaban J connectivity index is 1.69. The van der Waals surface area contributed by atoms with Gasteiger partial charge in [-0.3, -0.25) is 9.80 Å². The molecule has 8 nitrogen and oxygen atoms in total. The zero-order valence-corrected chi connectivity index (χ0v) is 18.5. The average Bonchev–Trinajstić information content (AvgIpc) is 2.83. The van der Waals surface area contributed by atoms with Crippen molar-refractivity contribution in [2.24, 2.45) is 11.6 Å². The van der Waals surface area contributed by atoms with Crippen LogP contribution in [-0.2, 0) is 0 Å². The van der Waals surface area contributed by atoms with E-state index in [-0.39, 0.29) is 12.5 Å². The van der Waals surface area contributed by atoms with Crippen LogP contribution in [0.25, 0.3) is 0 Å². The lowest BCUT2D eigenvalue weighted by Gasteiger charge is -2.17. The first-order valence-electron chi connectivity index (χ1n) is 10.5. The fourth-order valence-corrected chi connectivity index (χ4v) is 3.15. The number of ether oxygens (including phenoxy) is 1. The first kappa shape index (κ1) is 23.6. The molecule has 0 aliphatic heterocycles. The number of hydrogen-bond acceptors (Lipinski definition) is 7. The van der Waals surface area contributed by atoms with E-state index in [0.29, 0.717) is 35.5 Å². The number of anilines is 4. The molecule has 0 saturated heterocycles. The van der Waals surface area contributed by atoms with Gasteiger partial charge in [-0.15, -0.1) is 0 Å². The second-order valence-electron chi connectivity index (χ2n) is 7.38. The molecule has 1 amide bonds. The van der Waals surface area contributed by atoms with Crippen molar-refractivity contribution in [2.45, 2.75) is 12.8 Å². The third-order valence-electron chi connectivity index (χ3n) is 4.81. The minimum absolute atomic E-state index is 0.0809. The summed E-state index contributed by atoms with van der Waals surface area (Å²) in [6, 6.07) is 21.9. The van der Waals surface area contributed by atoms with E-state index in [2.05, 4.69) is 10.6 Å². The lowest BCUT2D eigenvalue weighted by Crippen LogP contribution is -2.26. The molecule has 0 aliphatic rings. The summed E-state index contributed by atoms with van der Waals surface area (Å²) in [6.07, 6.45) is 2.79. The van der Waals surface area contributed by atoms with Crippen LogP contribution in [-0.4, -0.2) is 24.7 Å². The average molecular weight is 448 g/mol. The molecule has 33 heavy (non-hydrogen) atoms. The van der Waals surface area contributed by atoms with Crippen LogP contribution >= 0.6 is 0 Å². The smallest absolute Gasteiger partial charge is 0.255 e. The van der Waals surface area contributed by atoms with Gasteiger partial charge >= 0.3 is 0 Å². The number of aliphatic hydroxyl groups is 1. The number of amides is 1. The number of rotatable bonds is 10. The van der Waals surface area contributed by atoms with Gasteiger partial charge in [-0.25, -0.2) is 5.84 Å². The first-order valence-corrected chi connectivity index (χ1v) is 10.5. The number of nitrogens with one attached hydrogen (secondary N) is 2. The molecule has 0 atom stereocenters. The molecule has 7 N–H and O–H groups in total. The summed E-state index contributed by atoms with van der Waals surface area (Å²) < 4.78 is 5.18. The van der Waals surface area contributed by atoms with Crippen molar-refractivity contribution in [3.8, 4) is 5.75 Å². The Bertz CT molecular complexity index is 1120. The largest absolute Gasteiger partial charge is 0.497 e. The molecule has 0 radical (unpaired) electrons. The van der Waals surface area contributed by atoms with Gasteiger partial charge in [0.2, 0.25) is 0 Å².